The fourth-order valence-electron chi connectivity index (χ4n) is 3.39. The first kappa shape index (κ1) is 20.5. The Morgan fingerprint density at radius 2 is 1.88 bits per heavy atom. The van der Waals surface area contributed by atoms with Gasteiger partial charge in [-0.3, -0.25) is 4.57 Å². The number of allylic oxidation sites excluding steroid dienone is 2. The van der Waals surface area contributed by atoms with E-state index in [4.69, 9.17) is 4.43 Å². The second-order valence-corrected chi connectivity index (χ2v) is 13.5. The lowest BCUT2D eigenvalue weighted by atomic mass is 9.78. The molecule has 0 aromatic heterocycles. The molecule has 0 radical (unpaired) electrons. The standard InChI is InChI=1S/C20H33O3PSi/c1-7-24(21,22)14-15-10-8-9-11-17(15)18-12-16(20(2,3)4)13-19(18)23-25(5)6/h8-11,16,25H,7,12-14H2,1-6H3,(H,21,22). The van der Waals surface area contributed by atoms with Crippen molar-refractivity contribution in [3.63, 3.8) is 0 Å². The molecule has 1 aromatic carbocycles. The van der Waals surface area contributed by atoms with E-state index in [2.05, 4.69) is 39.9 Å². The smallest absolute Gasteiger partial charge is 0.229 e. The zero-order valence-corrected chi connectivity index (χ0v) is 18.6. The van der Waals surface area contributed by atoms with Gasteiger partial charge in [-0.2, -0.15) is 0 Å². The average Bonchev–Trinajstić information content (AvgIpc) is 2.90. The van der Waals surface area contributed by atoms with Crippen LogP contribution in [0.25, 0.3) is 5.57 Å². The largest absolute Gasteiger partial charge is 0.550 e. The molecule has 0 heterocycles. The van der Waals surface area contributed by atoms with E-state index < -0.39 is 16.4 Å². The van der Waals surface area contributed by atoms with Crippen LogP contribution in [0.5, 0.6) is 0 Å². The van der Waals surface area contributed by atoms with Gasteiger partial charge in [-0.1, -0.05) is 52.0 Å². The summed E-state index contributed by atoms with van der Waals surface area (Å²) >= 11 is 0. The Morgan fingerprint density at radius 3 is 2.44 bits per heavy atom. The second-order valence-electron chi connectivity index (χ2n) is 8.52. The van der Waals surface area contributed by atoms with Crippen LogP contribution in [0, 0.1) is 11.3 Å². The van der Waals surface area contributed by atoms with Gasteiger partial charge in [0.2, 0.25) is 16.4 Å². The Balaban J connectivity index is 2.44. The molecule has 140 valence electrons. The first-order valence-corrected chi connectivity index (χ1v) is 14.1. The summed E-state index contributed by atoms with van der Waals surface area (Å²) in [5.41, 5.74) is 3.57. The second kappa shape index (κ2) is 7.81. The Kier molecular flexibility index (Phi) is 6.40. The summed E-state index contributed by atoms with van der Waals surface area (Å²) in [6.07, 6.45) is 2.52. The predicted molar refractivity (Wildman–Crippen MR) is 110 cm³/mol. The van der Waals surface area contributed by atoms with Crippen molar-refractivity contribution in [2.75, 3.05) is 6.16 Å². The van der Waals surface area contributed by atoms with Gasteiger partial charge >= 0.3 is 0 Å². The molecule has 1 aromatic rings. The van der Waals surface area contributed by atoms with E-state index in [1.165, 1.54) is 5.57 Å². The van der Waals surface area contributed by atoms with E-state index in [9.17, 15) is 9.46 Å². The third kappa shape index (κ3) is 5.32. The Labute approximate surface area is 154 Å². The van der Waals surface area contributed by atoms with Crippen molar-refractivity contribution in [2.45, 2.75) is 59.8 Å². The van der Waals surface area contributed by atoms with Gasteiger partial charge in [-0.05, 0) is 47.5 Å². The minimum atomic E-state index is -3.11. The molecule has 0 saturated carbocycles. The van der Waals surface area contributed by atoms with Gasteiger partial charge in [0.1, 0.15) is 0 Å². The van der Waals surface area contributed by atoms with Gasteiger partial charge in [0.25, 0.3) is 0 Å². The molecular weight excluding hydrogens is 347 g/mol. The van der Waals surface area contributed by atoms with Crippen LogP contribution in [0.4, 0.5) is 0 Å². The third-order valence-electron chi connectivity index (χ3n) is 5.08. The van der Waals surface area contributed by atoms with Crippen molar-refractivity contribution in [3.8, 4) is 0 Å². The molecule has 2 unspecified atom stereocenters. The van der Waals surface area contributed by atoms with Gasteiger partial charge in [0.15, 0.2) is 0 Å². The molecular formula is C20H33O3PSi. The van der Waals surface area contributed by atoms with E-state index in [1.54, 1.807) is 6.92 Å². The van der Waals surface area contributed by atoms with Crippen molar-refractivity contribution in [3.05, 3.63) is 41.2 Å². The average molecular weight is 381 g/mol. The van der Waals surface area contributed by atoms with Crippen LogP contribution >= 0.6 is 7.37 Å². The molecule has 0 amide bonds. The molecule has 25 heavy (non-hydrogen) atoms. The molecule has 0 bridgehead atoms. The zero-order valence-electron chi connectivity index (χ0n) is 16.5. The summed E-state index contributed by atoms with van der Waals surface area (Å²) in [6.45, 7) is 13.0. The Hall–Kier alpha value is -0.833. The molecule has 5 heteroatoms. The minimum absolute atomic E-state index is 0.222. The van der Waals surface area contributed by atoms with Crippen LogP contribution < -0.4 is 0 Å². The van der Waals surface area contributed by atoms with Crippen molar-refractivity contribution >= 4 is 22.0 Å². The Bertz CT molecular complexity index is 688. The maximum atomic E-state index is 12.3. The molecule has 1 aliphatic carbocycles. The van der Waals surface area contributed by atoms with Crippen LogP contribution in [0.3, 0.4) is 0 Å². The third-order valence-corrected chi connectivity index (χ3v) is 7.65. The predicted octanol–water partition coefficient (Wildman–Crippen LogP) is 5.64. The number of hydrogen-bond acceptors (Lipinski definition) is 2. The summed E-state index contributed by atoms with van der Waals surface area (Å²) in [6, 6.07) is 8.07. The summed E-state index contributed by atoms with van der Waals surface area (Å²) in [4.78, 5) is 10.2. The lowest BCUT2D eigenvalue weighted by Gasteiger charge is -2.27. The highest BCUT2D eigenvalue weighted by Gasteiger charge is 2.35. The van der Waals surface area contributed by atoms with Crippen LogP contribution in [0.2, 0.25) is 13.1 Å². The molecule has 2 atom stereocenters. The lowest BCUT2D eigenvalue weighted by Crippen LogP contribution is -2.18. The zero-order chi connectivity index (χ0) is 18.8. The molecule has 3 nitrogen and oxygen atoms in total. The van der Waals surface area contributed by atoms with Crippen molar-refractivity contribution in [2.24, 2.45) is 11.3 Å². The highest BCUT2D eigenvalue weighted by Crippen LogP contribution is 2.49. The van der Waals surface area contributed by atoms with E-state index in [1.807, 2.05) is 18.2 Å². The lowest BCUT2D eigenvalue weighted by molar-refractivity contribution is 0.238. The first-order valence-electron chi connectivity index (χ1n) is 9.31. The van der Waals surface area contributed by atoms with Crippen LogP contribution in [-0.4, -0.2) is 20.1 Å². The van der Waals surface area contributed by atoms with E-state index in [0.29, 0.717) is 12.1 Å². The maximum absolute atomic E-state index is 12.3. The van der Waals surface area contributed by atoms with Crippen molar-refractivity contribution in [1.29, 1.82) is 0 Å². The maximum Gasteiger partial charge on any atom is 0.229 e. The number of hydrogen-bond donors (Lipinski definition) is 1. The number of benzene rings is 1. The van der Waals surface area contributed by atoms with E-state index in [-0.39, 0.29) is 11.6 Å². The summed E-state index contributed by atoms with van der Waals surface area (Å²) in [5.74, 6) is 1.67. The SMILES string of the molecule is CCP(=O)(O)Cc1ccccc1C1=C(O[SiH](C)C)CC(C(C)(C)C)C1. The molecule has 0 spiro atoms. The van der Waals surface area contributed by atoms with Crippen LogP contribution in [-0.2, 0) is 15.2 Å². The summed E-state index contributed by atoms with van der Waals surface area (Å²) in [7, 11) is -4.31. The molecule has 2 rings (SSSR count). The van der Waals surface area contributed by atoms with Gasteiger partial charge in [-0.15, -0.1) is 0 Å². The normalized spacial score (nSPS) is 20.9. The Morgan fingerprint density at radius 1 is 1.24 bits per heavy atom. The first-order chi connectivity index (χ1) is 11.5. The summed E-state index contributed by atoms with van der Waals surface area (Å²) in [5, 5.41) is 0. The van der Waals surface area contributed by atoms with E-state index >= 15 is 0 Å². The number of rotatable bonds is 6. The van der Waals surface area contributed by atoms with Gasteiger partial charge in [0, 0.05) is 12.6 Å². The van der Waals surface area contributed by atoms with E-state index in [0.717, 1.165) is 29.7 Å². The minimum Gasteiger partial charge on any atom is -0.550 e. The fourth-order valence-corrected chi connectivity index (χ4v) is 5.23. The van der Waals surface area contributed by atoms with Gasteiger partial charge < -0.3 is 9.32 Å². The van der Waals surface area contributed by atoms with Crippen molar-refractivity contribution in [1.82, 2.24) is 0 Å². The highest BCUT2D eigenvalue weighted by molar-refractivity contribution is 7.57. The molecule has 1 aliphatic rings. The molecule has 1 N–H and O–H groups in total. The highest BCUT2D eigenvalue weighted by atomic mass is 31.2. The monoisotopic (exact) mass is 380 g/mol. The van der Waals surface area contributed by atoms with Crippen LogP contribution in [0.15, 0.2) is 30.0 Å². The quantitative estimate of drug-likeness (QED) is 0.513. The summed E-state index contributed by atoms with van der Waals surface area (Å²) < 4.78 is 18.6. The fraction of sp³-hybridized carbons (Fsp3) is 0.600. The topological polar surface area (TPSA) is 46.5 Å². The molecule has 0 aliphatic heterocycles. The van der Waals surface area contributed by atoms with Crippen molar-refractivity contribution < 1.29 is 13.9 Å². The van der Waals surface area contributed by atoms with Gasteiger partial charge in [0.05, 0.1) is 11.9 Å². The molecule has 0 saturated heterocycles. The molecule has 0 fully saturated rings. The van der Waals surface area contributed by atoms with Gasteiger partial charge in [-0.25, -0.2) is 0 Å². The van der Waals surface area contributed by atoms with Crippen LogP contribution in [0.1, 0.15) is 51.7 Å².